The van der Waals surface area contributed by atoms with E-state index >= 15 is 0 Å². The van der Waals surface area contributed by atoms with Gasteiger partial charge in [-0.25, -0.2) is 0 Å². The summed E-state index contributed by atoms with van der Waals surface area (Å²) in [5.41, 5.74) is 0.634. The number of benzene rings is 1. The number of carbonyl (C=O) groups is 2. The van der Waals surface area contributed by atoms with Gasteiger partial charge in [0.15, 0.2) is 11.5 Å². The molecule has 2 aliphatic rings. The van der Waals surface area contributed by atoms with Crippen LogP contribution >= 0.6 is 0 Å². The monoisotopic (exact) mass is 337 g/mol. The number of nitrogens with one attached hydrogen (secondary N) is 1. The van der Waals surface area contributed by atoms with Crippen LogP contribution in [-0.4, -0.2) is 46.0 Å². The zero-order valence-corrected chi connectivity index (χ0v) is 13.7. The summed E-state index contributed by atoms with van der Waals surface area (Å²) in [5.74, 6) is -0.582. The molecular formula is C16H19NO7. The number of rotatable bonds is 5. The predicted octanol–water partition coefficient (Wildman–Crippen LogP) is 0.825. The molecule has 0 saturated carbocycles. The van der Waals surface area contributed by atoms with Gasteiger partial charge in [0.05, 0.1) is 20.8 Å². The Morgan fingerprint density at radius 1 is 1.29 bits per heavy atom. The summed E-state index contributed by atoms with van der Waals surface area (Å²) in [7, 11) is 2.98. The highest BCUT2D eigenvalue weighted by Crippen LogP contribution is 2.52. The molecule has 1 saturated heterocycles. The third-order valence-corrected chi connectivity index (χ3v) is 4.13. The van der Waals surface area contributed by atoms with Gasteiger partial charge in [0.1, 0.15) is 5.92 Å². The Balaban J connectivity index is 2.08. The normalized spacial score (nSPS) is 21.4. The van der Waals surface area contributed by atoms with E-state index in [1.807, 2.05) is 0 Å². The second-order valence-corrected chi connectivity index (χ2v) is 5.35. The Morgan fingerprint density at radius 2 is 2.04 bits per heavy atom. The molecule has 8 nitrogen and oxygen atoms in total. The van der Waals surface area contributed by atoms with Gasteiger partial charge in [-0.15, -0.1) is 0 Å². The lowest BCUT2D eigenvalue weighted by molar-refractivity contribution is -0.151. The molecule has 2 aliphatic heterocycles. The van der Waals surface area contributed by atoms with Crippen molar-refractivity contribution in [3.8, 4) is 23.0 Å². The summed E-state index contributed by atoms with van der Waals surface area (Å²) >= 11 is 0. The smallest absolute Gasteiger partial charge is 0.319 e. The first-order chi connectivity index (χ1) is 11.6. The molecule has 0 spiro atoms. The molecule has 1 fully saturated rings. The van der Waals surface area contributed by atoms with Crippen molar-refractivity contribution in [1.82, 2.24) is 5.32 Å². The lowest BCUT2D eigenvalue weighted by atomic mass is 9.87. The molecule has 130 valence electrons. The fourth-order valence-electron chi connectivity index (χ4n) is 3.10. The van der Waals surface area contributed by atoms with E-state index in [-0.39, 0.29) is 19.3 Å². The first-order valence-corrected chi connectivity index (χ1v) is 7.61. The SMILES string of the molecule is CCOC(=O)[C@H]1C(=O)NC[C@H]1c1cc2c(c(OC)c1OC)OCO2. The van der Waals surface area contributed by atoms with Crippen molar-refractivity contribution in [3.05, 3.63) is 11.6 Å². The molecule has 0 bridgehead atoms. The predicted molar refractivity (Wildman–Crippen MR) is 81.5 cm³/mol. The number of hydrogen-bond acceptors (Lipinski definition) is 7. The fraction of sp³-hybridized carbons (Fsp3) is 0.500. The van der Waals surface area contributed by atoms with E-state index in [2.05, 4.69) is 5.32 Å². The minimum absolute atomic E-state index is 0.0709. The molecule has 2 heterocycles. The van der Waals surface area contributed by atoms with E-state index < -0.39 is 17.8 Å². The number of hydrogen-bond donors (Lipinski definition) is 1. The van der Waals surface area contributed by atoms with Gasteiger partial charge in [-0.05, 0) is 13.0 Å². The van der Waals surface area contributed by atoms with Crippen LogP contribution in [0.1, 0.15) is 18.4 Å². The lowest BCUT2D eigenvalue weighted by Gasteiger charge is -2.21. The molecule has 1 amide bonds. The number of ether oxygens (including phenoxy) is 5. The molecule has 1 aromatic carbocycles. The Hall–Kier alpha value is -2.64. The average Bonchev–Trinajstić information content (AvgIpc) is 3.19. The Labute approximate surface area is 139 Å². The standard InChI is InChI=1S/C16H19NO7/c1-4-22-16(19)11-9(6-17-15(11)18)8-5-10-13(24-7-23-10)14(21-3)12(8)20-2/h5,9,11H,4,6-7H2,1-3H3,(H,17,18)/t9-,11+/m0/s1. The Kier molecular flexibility index (Phi) is 4.37. The van der Waals surface area contributed by atoms with Crippen molar-refractivity contribution in [2.75, 3.05) is 34.2 Å². The Morgan fingerprint density at radius 3 is 2.71 bits per heavy atom. The van der Waals surface area contributed by atoms with Crippen LogP contribution in [0.15, 0.2) is 6.07 Å². The zero-order chi connectivity index (χ0) is 17.3. The summed E-state index contributed by atoms with van der Waals surface area (Å²) in [6, 6.07) is 1.72. The molecule has 0 aromatic heterocycles. The summed E-state index contributed by atoms with van der Waals surface area (Å²) in [4.78, 5) is 24.3. The van der Waals surface area contributed by atoms with Gasteiger partial charge in [0.25, 0.3) is 0 Å². The van der Waals surface area contributed by atoms with Gasteiger partial charge < -0.3 is 29.0 Å². The van der Waals surface area contributed by atoms with Crippen molar-refractivity contribution in [3.63, 3.8) is 0 Å². The van der Waals surface area contributed by atoms with Gasteiger partial charge in [-0.1, -0.05) is 0 Å². The van der Waals surface area contributed by atoms with Crippen LogP contribution < -0.4 is 24.3 Å². The van der Waals surface area contributed by atoms with E-state index in [1.165, 1.54) is 14.2 Å². The first kappa shape index (κ1) is 16.2. The van der Waals surface area contributed by atoms with E-state index in [4.69, 9.17) is 23.7 Å². The quantitative estimate of drug-likeness (QED) is 0.628. The maximum atomic E-state index is 12.2. The second kappa shape index (κ2) is 6.46. The topological polar surface area (TPSA) is 92.3 Å². The number of fused-ring (bicyclic) bond motifs is 1. The Bertz CT molecular complexity index is 673. The summed E-state index contributed by atoms with van der Waals surface area (Å²) in [6.07, 6.45) is 0. The third kappa shape index (κ3) is 2.47. The summed E-state index contributed by atoms with van der Waals surface area (Å²) in [6.45, 7) is 2.27. The van der Waals surface area contributed by atoms with E-state index in [9.17, 15) is 9.59 Å². The highest BCUT2D eigenvalue weighted by molar-refractivity contribution is 6.01. The average molecular weight is 337 g/mol. The van der Waals surface area contributed by atoms with Gasteiger partial charge in [0, 0.05) is 18.0 Å². The minimum atomic E-state index is -0.941. The van der Waals surface area contributed by atoms with Crippen LogP contribution in [0.4, 0.5) is 0 Å². The van der Waals surface area contributed by atoms with Crippen molar-refractivity contribution < 1.29 is 33.3 Å². The first-order valence-electron chi connectivity index (χ1n) is 7.61. The molecule has 8 heteroatoms. The second-order valence-electron chi connectivity index (χ2n) is 5.35. The van der Waals surface area contributed by atoms with Crippen molar-refractivity contribution >= 4 is 11.9 Å². The maximum absolute atomic E-state index is 12.2. The number of esters is 1. The molecular weight excluding hydrogens is 318 g/mol. The molecule has 24 heavy (non-hydrogen) atoms. The van der Waals surface area contributed by atoms with Crippen LogP contribution in [-0.2, 0) is 14.3 Å². The molecule has 0 unspecified atom stereocenters. The number of amides is 1. The van der Waals surface area contributed by atoms with Gasteiger partial charge in [0.2, 0.25) is 24.2 Å². The van der Waals surface area contributed by atoms with Gasteiger partial charge in [-0.3, -0.25) is 9.59 Å². The minimum Gasteiger partial charge on any atom is -0.492 e. The van der Waals surface area contributed by atoms with Gasteiger partial charge in [-0.2, -0.15) is 0 Å². The van der Waals surface area contributed by atoms with Crippen molar-refractivity contribution in [1.29, 1.82) is 0 Å². The van der Waals surface area contributed by atoms with Gasteiger partial charge >= 0.3 is 5.97 Å². The van der Waals surface area contributed by atoms with Crippen LogP contribution in [0.5, 0.6) is 23.0 Å². The van der Waals surface area contributed by atoms with E-state index in [0.29, 0.717) is 35.1 Å². The highest BCUT2D eigenvalue weighted by atomic mass is 16.7. The van der Waals surface area contributed by atoms with Crippen LogP contribution in [0.2, 0.25) is 0 Å². The highest BCUT2D eigenvalue weighted by Gasteiger charge is 2.44. The molecule has 0 radical (unpaired) electrons. The molecule has 0 aliphatic carbocycles. The van der Waals surface area contributed by atoms with Crippen LogP contribution in [0.3, 0.4) is 0 Å². The third-order valence-electron chi connectivity index (χ3n) is 4.13. The van der Waals surface area contributed by atoms with Crippen molar-refractivity contribution in [2.24, 2.45) is 5.92 Å². The fourth-order valence-corrected chi connectivity index (χ4v) is 3.10. The van der Waals surface area contributed by atoms with Crippen molar-refractivity contribution in [2.45, 2.75) is 12.8 Å². The zero-order valence-electron chi connectivity index (χ0n) is 13.7. The van der Waals surface area contributed by atoms with E-state index in [0.717, 1.165) is 0 Å². The molecule has 1 aromatic rings. The van der Waals surface area contributed by atoms with E-state index in [1.54, 1.807) is 13.0 Å². The summed E-state index contributed by atoms with van der Waals surface area (Å²) in [5, 5.41) is 2.71. The van der Waals surface area contributed by atoms with Crippen LogP contribution in [0, 0.1) is 5.92 Å². The van der Waals surface area contributed by atoms with Crippen LogP contribution in [0.25, 0.3) is 0 Å². The number of methoxy groups -OCH3 is 2. The maximum Gasteiger partial charge on any atom is 0.319 e. The largest absolute Gasteiger partial charge is 0.492 e. The lowest BCUT2D eigenvalue weighted by Crippen LogP contribution is -2.29. The summed E-state index contributed by atoms with van der Waals surface area (Å²) < 4.78 is 26.8. The molecule has 1 N–H and O–H groups in total. The molecule has 3 rings (SSSR count). The number of carbonyl (C=O) groups excluding carboxylic acids is 2. The molecule has 2 atom stereocenters.